The van der Waals surface area contributed by atoms with Gasteiger partial charge in [-0.25, -0.2) is 0 Å². The third-order valence-corrected chi connectivity index (χ3v) is 8.04. The first-order chi connectivity index (χ1) is 20.0. The summed E-state index contributed by atoms with van der Waals surface area (Å²) in [5.41, 5.74) is 1.02. The van der Waals surface area contributed by atoms with Crippen LogP contribution in [0.1, 0.15) is 31.7 Å². The molecule has 0 unspecified atom stereocenters. The van der Waals surface area contributed by atoms with E-state index in [4.69, 9.17) is 4.74 Å². The summed E-state index contributed by atoms with van der Waals surface area (Å²) >= 11 is 1.31. The molecule has 2 saturated heterocycles. The fraction of sp³-hybridized carbons (Fsp3) is 0.519. The maximum atomic E-state index is 13.2. The molecule has 2 atom stereocenters. The van der Waals surface area contributed by atoms with Gasteiger partial charge in [0.1, 0.15) is 11.9 Å². The summed E-state index contributed by atoms with van der Waals surface area (Å²) in [6.07, 6.45) is 3.62. The molecule has 0 bridgehead atoms. The van der Waals surface area contributed by atoms with Crippen LogP contribution in [0.2, 0.25) is 0 Å². The standard InChI is InChI=1S/C27H34F2N8O3S/c1-2-39-23(19-9-13-36(14-10-19)16-18-5-7-21(8-6-18)40-25(28)29)24(38)32-27-35-34-26(41-27)31-20-11-15-37(17-20)22-4-3-12-30-33-22/h3-8,12,19-20,23,25H,2,9-11,13-17H2,1H3,(H,31,34)(H,32,35,38)/t20-,23-/m1/s1. The van der Waals surface area contributed by atoms with E-state index in [0.29, 0.717) is 23.4 Å². The lowest BCUT2D eigenvalue weighted by molar-refractivity contribution is -0.132. The number of likely N-dealkylation sites (tertiary alicyclic amines) is 1. The summed E-state index contributed by atoms with van der Waals surface area (Å²) in [5.74, 6) is 0.863. The highest BCUT2D eigenvalue weighted by Gasteiger charge is 2.33. The van der Waals surface area contributed by atoms with Gasteiger partial charge >= 0.3 is 6.61 Å². The molecule has 11 nitrogen and oxygen atoms in total. The van der Waals surface area contributed by atoms with Crippen LogP contribution < -0.4 is 20.3 Å². The summed E-state index contributed by atoms with van der Waals surface area (Å²) in [7, 11) is 0. The topological polar surface area (TPSA) is 118 Å². The molecule has 2 fully saturated rings. The van der Waals surface area contributed by atoms with Crippen molar-refractivity contribution in [2.24, 2.45) is 5.92 Å². The van der Waals surface area contributed by atoms with Crippen LogP contribution >= 0.6 is 11.3 Å². The van der Waals surface area contributed by atoms with Crippen LogP contribution in [0.3, 0.4) is 0 Å². The molecule has 220 valence electrons. The van der Waals surface area contributed by atoms with Crippen LogP contribution in [0, 0.1) is 5.92 Å². The minimum Gasteiger partial charge on any atom is -0.435 e. The molecule has 3 aromatic rings. The third kappa shape index (κ3) is 8.05. The van der Waals surface area contributed by atoms with Crippen molar-refractivity contribution in [3.8, 4) is 5.75 Å². The summed E-state index contributed by atoms with van der Waals surface area (Å²) in [6.45, 7) is 3.44. The van der Waals surface area contributed by atoms with E-state index in [1.807, 2.05) is 19.1 Å². The molecule has 14 heteroatoms. The SMILES string of the molecule is CCO[C@@H](C(=O)Nc1nnc(N[C@@H]2CCN(c3cccnn3)C2)s1)C1CCN(Cc2ccc(OC(F)F)cc2)CC1. The van der Waals surface area contributed by atoms with Crippen molar-refractivity contribution in [2.75, 3.05) is 48.3 Å². The van der Waals surface area contributed by atoms with Crippen LogP contribution in [0.4, 0.5) is 24.9 Å². The monoisotopic (exact) mass is 588 g/mol. The zero-order valence-corrected chi connectivity index (χ0v) is 23.6. The Kier molecular flexibility index (Phi) is 9.85. The van der Waals surface area contributed by atoms with E-state index in [0.717, 1.165) is 56.8 Å². The van der Waals surface area contributed by atoms with Crippen molar-refractivity contribution in [1.29, 1.82) is 0 Å². The maximum absolute atomic E-state index is 13.2. The van der Waals surface area contributed by atoms with Gasteiger partial charge < -0.3 is 19.7 Å². The van der Waals surface area contributed by atoms with E-state index in [2.05, 4.69) is 45.6 Å². The van der Waals surface area contributed by atoms with E-state index in [1.165, 1.54) is 11.3 Å². The predicted octanol–water partition coefficient (Wildman–Crippen LogP) is 3.88. The average Bonchev–Trinajstić information content (AvgIpc) is 3.63. The molecule has 1 aromatic carbocycles. The number of carbonyl (C=O) groups excluding carboxylic acids is 1. The molecule has 0 aliphatic carbocycles. The number of aromatic nitrogens is 4. The van der Waals surface area contributed by atoms with E-state index < -0.39 is 12.7 Å². The van der Waals surface area contributed by atoms with Gasteiger partial charge in [-0.1, -0.05) is 23.5 Å². The number of hydrogen-bond donors (Lipinski definition) is 2. The Bertz CT molecular complexity index is 1240. The lowest BCUT2D eigenvalue weighted by Crippen LogP contribution is -2.43. The smallest absolute Gasteiger partial charge is 0.387 e. The van der Waals surface area contributed by atoms with E-state index in [1.54, 1.807) is 30.5 Å². The van der Waals surface area contributed by atoms with Crippen LogP contribution in [0.25, 0.3) is 0 Å². The Hall–Kier alpha value is -3.49. The number of halogens is 2. The van der Waals surface area contributed by atoms with E-state index in [9.17, 15) is 13.6 Å². The molecular formula is C27H34F2N8O3S. The molecule has 2 N–H and O–H groups in total. The normalized spacial score (nSPS) is 18.9. The first kappa shape index (κ1) is 29.0. The van der Waals surface area contributed by atoms with E-state index >= 15 is 0 Å². The van der Waals surface area contributed by atoms with Crippen molar-refractivity contribution >= 4 is 33.3 Å². The van der Waals surface area contributed by atoms with Crippen molar-refractivity contribution < 1.29 is 23.0 Å². The maximum Gasteiger partial charge on any atom is 0.387 e. The molecule has 1 amide bonds. The summed E-state index contributed by atoms with van der Waals surface area (Å²) in [4.78, 5) is 17.7. The second-order valence-electron chi connectivity index (χ2n) is 10.1. The van der Waals surface area contributed by atoms with Crippen LogP contribution in [0.5, 0.6) is 5.75 Å². The highest BCUT2D eigenvalue weighted by molar-refractivity contribution is 7.19. The summed E-state index contributed by atoms with van der Waals surface area (Å²) < 4.78 is 35.1. The van der Waals surface area contributed by atoms with Gasteiger partial charge in [0.15, 0.2) is 5.82 Å². The number of nitrogens with zero attached hydrogens (tertiary/aromatic N) is 6. The van der Waals surface area contributed by atoms with Crippen molar-refractivity contribution in [1.82, 2.24) is 25.3 Å². The van der Waals surface area contributed by atoms with Crippen LogP contribution in [-0.4, -0.2) is 82.7 Å². The lowest BCUT2D eigenvalue weighted by Gasteiger charge is -2.35. The summed E-state index contributed by atoms with van der Waals surface area (Å²) in [6, 6.07) is 10.7. The van der Waals surface area contributed by atoms with Crippen LogP contribution in [-0.2, 0) is 16.1 Å². The molecule has 0 radical (unpaired) electrons. The number of nitrogens with one attached hydrogen (secondary N) is 2. The number of carbonyl (C=O) groups is 1. The molecule has 2 aliphatic heterocycles. The number of rotatable bonds is 12. The van der Waals surface area contributed by atoms with Gasteiger partial charge in [0, 0.05) is 38.5 Å². The van der Waals surface area contributed by atoms with Gasteiger partial charge in [-0.3, -0.25) is 15.0 Å². The van der Waals surface area contributed by atoms with Crippen LogP contribution in [0.15, 0.2) is 42.6 Å². The fourth-order valence-electron chi connectivity index (χ4n) is 5.29. The molecule has 0 saturated carbocycles. The Labute approximate surface area is 241 Å². The molecular weight excluding hydrogens is 554 g/mol. The minimum absolute atomic E-state index is 0.0732. The molecule has 5 rings (SSSR count). The first-order valence-corrected chi connectivity index (χ1v) is 14.6. The average molecular weight is 589 g/mol. The van der Waals surface area contributed by atoms with Gasteiger partial charge in [-0.15, -0.1) is 15.3 Å². The number of anilines is 3. The number of amides is 1. The largest absolute Gasteiger partial charge is 0.435 e. The number of hydrogen-bond acceptors (Lipinski definition) is 11. The lowest BCUT2D eigenvalue weighted by atomic mass is 9.90. The third-order valence-electron chi connectivity index (χ3n) is 7.27. The fourth-order valence-corrected chi connectivity index (χ4v) is 6.01. The van der Waals surface area contributed by atoms with E-state index in [-0.39, 0.29) is 23.6 Å². The van der Waals surface area contributed by atoms with Crippen molar-refractivity contribution in [3.05, 3.63) is 48.2 Å². The second kappa shape index (κ2) is 13.9. The molecule has 0 spiro atoms. The Morgan fingerprint density at radius 2 is 1.85 bits per heavy atom. The summed E-state index contributed by atoms with van der Waals surface area (Å²) in [5, 5.41) is 23.9. The van der Waals surface area contributed by atoms with Gasteiger partial charge in [0.2, 0.25) is 10.3 Å². The number of piperidine rings is 1. The van der Waals surface area contributed by atoms with Gasteiger partial charge in [0.25, 0.3) is 5.91 Å². The first-order valence-electron chi connectivity index (χ1n) is 13.8. The second-order valence-corrected chi connectivity index (χ2v) is 11.0. The number of benzene rings is 1. The quantitative estimate of drug-likeness (QED) is 0.323. The molecule has 4 heterocycles. The Balaban J connectivity index is 1.09. The van der Waals surface area contributed by atoms with Gasteiger partial charge in [0.05, 0.1) is 0 Å². The molecule has 2 aliphatic rings. The number of alkyl halides is 2. The van der Waals surface area contributed by atoms with Crippen molar-refractivity contribution in [2.45, 2.75) is 51.5 Å². The van der Waals surface area contributed by atoms with Gasteiger partial charge in [-0.05, 0) is 75.0 Å². The highest BCUT2D eigenvalue weighted by atomic mass is 32.1. The van der Waals surface area contributed by atoms with Gasteiger partial charge in [-0.2, -0.15) is 13.9 Å². The Morgan fingerprint density at radius 3 is 2.56 bits per heavy atom. The van der Waals surface area contributed by atoms with Crippen molar-refractivity contribution in [3.63, 3.8) is 0 Å². The Morgan fingerprint density at radius 1 is 1.07 bits per heavy atom. The minimum atomic E-state index is -2.83. The highest BCUT2D eigenvalue weighted by Crippen LogP contribution is 2.28. The zero-order valence-electron chi connectivity index (χ0n) is 22.8. The number of ether oxygens (including phenoxy) is 2. The molecule has 2 aromatic heterocycles. The molecule has 41 heavy (non-hydrogen) atoms. The zero-order chi connectivity index (χ0) is 28.6. The predicted molar refractivity (Wildman–Crippen MR) is 151 cm³/mol.